The maximum Gasteiger partial charge on any atom is 0.307 e. The first-order valence-corrected chi connectivity index (χ1v) is 5.23. The van der Waals surface area contributed by atoms with Crippen molar-refractivity contribution < 1.29 is 9.53 Å². The molecule has 0 radical (unpaired) electrons. The van der Waals surface area contributed by atoms with Crippen molar-refractivity contribution in [2.24, 2.45) is 5.84 Å². The first kappa shape index (κ1) is 12.0. The predicted molar refractivity (Wildman–Crippen MR) is 64.6 cm³/mol. The molecule has 2 heterocycles. The number of ether oxygens (including phenoxy) is 1. The van der Waals surface area contributed by atoms with Crippen molar-refractivity contribution in [2.45, 2.75) is 6.42 Å². The van der Waals surface area contributed by atoms with Crippen LogP contribution in [0, 0.1) is 0 Å². The summed E-state index contributed by atoms with van der Waals surface area (Å²) in [7, 11) is 1.34. The Morgan fingerprint density at radius 3 is 3.11 bits per heavy atom. The van der Waals surface area contributed by atoms with Crippen molar-refractivity contribution in [3.8, 4) is 0 Å². The van der Waals surface area contributed by atoms with Crippen LogP contribution < -0.4 is 16.6 Å². The topological polar surface area (TPSA) is 131 Å². The molecule has 96 valence electrons. The number of nitrogens with zero attached hydrogens (tertiary/aromatic N) is 3. The molecular weight excluding hydrogens is 238 g/mol. The normalized spacial score (nSPS) is 10.3. The van der Waals surface area contributed by atoms with Crippen LogP contribution >= 0.6 is 0 Å². The second-order valence-electron chi connectivity index (χ2n) is 3.43. The van der Waals surface area contributed by atoms with Gasteiger partial charge in [0.25, 0.3) is 0 Å². The van der Waals surface area contributed by atoms with Crippen LogP contribution in [0.25, 0.3) is 11.0 Å². The zero-order valence-electron chi connectivity index (χ0n) is 9.73. The zero-order chi connectivity index (χ0) is 13.0. The van der Waals surface area contributed by atoms with E-state index in [0.29, 0.717) is 18.0 Å². The number of carbonyl (C=O) groups is 1. The van der Waals surface area contributed by atoms with Crippen molar-refractivity contribution in [1.29, 1.82) is 0 Å². The quantitative estimate of drug-likeness (QED) is 0.321. The maximum atomic E-state index is 11.0. The van der Waals surface area contributed by atoms with Crippen molar-refractivity contribution in [1.82, 2.24) is 20.2 Å². The Labute approximate surface area is 102 Å². The van der Waals surface area contributed by atoms with Crippen LogP contribution in [0.15, 0.2) is 6.20 Å². The molecule has 0 aliphatic carbocycles. The number of carbonyl (C=O) groups excluding carboxylic acids is 1. The molecule has 18 heavy (non-hydrogen) atoms. The summed E-state index contributed by atoms with van der Waals surface area (Å²) in [6.45, 7) is 0.397. The van der Waals surface area contributed by atoms with E-state index in [1.807, 2.05) is 0 Å². The van der Waals surface area contributed by atoms with Crippen LogP contribution in [0.1, 0.15) is 6.42 Å². The smallest absolute Gasteiger partial charge is 0.307 e. The van der Waals surface area contributed by atoms with Crippen LogP contribution in [0.4, 0.5) is 11.8 Å². The van der Waals surface area contributed by atoms with E-state index in [1.54, 1.807) is 6.20 Å². The monoisotopic (exact) mass is 251 g/mol. The van der Waals surface area contributed by atoms with Gasteiger partial charge in [-0.1, -0.05) is 0 Å². The Morgan fingerprint density at radius 2 is 2.39 bits per heavy atom. The van der Waals surface area contributed by atoms with E-state index in [4.69, 9.17) is 5.84 Å². The van der Waals surface area contributed by atoms with E-state index in [2.05, 4.69) is 35.6 Å². The molecule has 0 bridgehead atoms. The van der Waals surface area contributed by atoms with Crippen LogP contribution in [0.5, 0.6) is 0 Å². The number of nitrogen functional groups attached to an aromatic ring is 1. The molecule has 9 heteroatoms. The minimum atomic E-state index is -0.294. The van der Waals surface area contributed by atoms with Gasteiger partial charge in [0.15, 0.2) is 5.65 Å². The van der Waals surface area contributed by atoms with E-state index in [9.17, 15) is 4.79 Å². The number of nitrogens with one attached hydrogen (secondary N) is 3. The number of hydrogen-bond acceptors (Lipinski definition) is 8. The average molecular weight is 251 g/mol. The Hall–Kier alpha value is -2.42. The van der Waals surface area contributed by atoms with E-state index >= 15 is 0 Å². The van der Waals surface area contributed by atoms with Crippen LogP contribution in [0.2, 0.25) is 0 Å². The number of hydrogen-bond donors (Lipinski definition) is 4. The van der Waals surface area contributed by atoms with Gasteiger partial charge in [-0.25, -0.2) is 5.84 Å². The van der Waals surface area contributed by atoms with Gasteiger partial charge in [0.2, 0.25) is 5.95 Å². The number of aromatic amines is 1. The lowest BCUT2D eigenvalue weighted by atomic mass is 10.3. The summed E-state index contributed by atoms with van der Waals surface area (Å²) >= 11 is 0. The number of esters is 1. The van der Waals surface area contributed by atoms with E-state index in [-0.39, 0.29) is 18.3 Å². The van der Waals surface area contributed by atoms with Gasteiger partial charge in [-0.2, -0.15) is 15.1 Å². The second-order valence-corrected chi connectivity index (χ2v) is 3.43. The molecule has 0 saturated heterocycles. The molecule has 2 aromatic heterocycles. The van der Waals surface area contributed by atoms with Crippen molar-refractivity contribution in [2.75, 3.05) is 24.4 Å². The lowest BCUT2D eigenvalue weighted by molar-refractivity contribution is -0.140. The average Bonchev–Trinajstić information content (AvgIpc) is 2.86. The molecular formula is C9H13N7O2. The lowest BCUT2D eigenvalue weighted by Gasteiger charge is -2.07. The zero-order valence-corrected chi connectivity index (χ0v) is 9.73. The number of aromatic nitrogens is 4. The summed E-state index contributed by atoms with van der Waals surface area (Å²) in [5.74, 6) is 5.78. The Balaban J connectivity index is 2.15. The molecule has 0 fully saturated rings. The highest BCUT2D eigenvalue weighted by molar-refractivity contribution is 5.87. The SMILES string of the molecule is COC(=O)CCNc1nc(NN)nc2[nH]ncc12. The highest BCUT2D eigenvalue weighted by Gasteiger charge is 2.09. The van der Waals surface area contributed by atoms with Gasteiger partial charge in [0, 0.05) is 6.54 Å². The summed E-state index contributed by atoms with van der Waals surface area (Å²) in [6.07, 6.45) is 1.83. The van der Waals surface area contributed by atoms with E-state index in [0.717, 1.165) is 5.39 Å². The summed E-state index contributed by atoms with van der Waals surface area (Å²) in [5, 5.41) is 10.3. The third kappa shape index (κ3) is 2.46. The third-order valence-electron chi connectivity index (χ3n) is 2.29. The summed E-state index contributed by atoms with van der Waals surface area (Å²) in [5.41, 5.74) is 2.91. The highest BCUT2D eigenvalue weighted by Crippen LogP contribution is 2.19. The summed E-state index contributed by atoms with van der Waals surface area (Å²) < 4.78 is 4.54. The standard InChI is InChI=1S/C9H13N7O2/c1-18-6(17)2-3-11-7-5-4-12-16-8(5)14-9(13-7)15-10/h4H,2-3,10H2,1H3,(H3,11,12,13,14,15,16). The Kier molecular flexibility index (Phi) is 3.53. The van der Waals surface area contributed by atoms with Gasteiger partial charge in [-0.15, -0.1) is 0 Å². The molecule has 0 aliphatic heterocycles. The fourth-order valence-electron chi connectivity index (χ4n) is 1.42. The minimum absolute atomic E-state index is 0.241. The molecule has 0 unspecified atom stereocenters. The van der Waals surface area contributed by atoms with Crippen molar-refractivity contribution in [3.63, 3.8) is 0 Å². The van der Waals surface area contributed by atoms with E-state index in [1.165, 1.54) is 7.11 Å². The highest BCUT2D eigenvalue weighted by atomic mass is 16.5. The minimum Gasteiger partial charge on any atom is -0.469 e. The number of fused-ring (bicyclic) bond motifs is 1. The third-order valence-corrected chi connectivity index (χ3v) is 2.29. The molecule has 2 aromatic rings. The van der Waals surface area contributed by atoms with E-state index < -0.39 is 0 Å². The molecule has 0 aromatic carbocycles. The Bertz CT molecular complexity index is 553. The Morgan fingerprint density at radius 1 is 1.56 bits per heavy atom. The largest absolute Gasteiger partial charge is 0.469 e. The van der Waals surface area contributed by atoms with Crippen LogP contribution in [0.3, 0.4) is 0 Å². The lowest BCUT2D eigenvalue weighted by Crippen LogP contribution is -2.14. The molecule has 2 rings (SSSR count). The fraction of sp³-hybridized carbons (Fsp3) is 0.333. The van der Waals surface area contributed by atoms with Gasteiger partial charge >= 0.3 is 5.97 Å². The van der Waals surface area contributed by atoms with Gasteiger partial charge in [0.05, 0.1) is 25.1 Å². The fourth-order valence-corrected chi connectivity index (χ4v) is 1.42. The molecule has 0 spiro atoms. The van der Waals surface area contributed by atoms with Gasteiger partial charge in [-0.3, -0.25) is 15.3 Å². The predicted octanol–water partition coefficient (Wildman–Crippen LogP) is -0.387. The number of hydrazine groups is 1. The molecule has 0 amide bonds. The molecule has 0 aliphatic rings. The van der Waals surface area contributed by atoms with Gasteiger partial charge in [0.1, 0.15) is 5.82 Å². The van der Waals surface area contributed by atoms with Gasteiger partial charge in [-0.05, 0) is 0 Å². The summed E-state index contributed by atoms with van der Waals surface area (Å²) in [4.78, 5) is 19.2. The van der Waals surface area contributed by atoms with Gasteiger partial charge < -0.3 is 10.1 Å². The maximum absolute atomic E-state index is 11.0. The molecule has 0 saturated carbocycles. The second kappa shape index (κ2) is 5.27. The van der Waals surface area contributed by atoms with Crippen LogP contribution in [-0.4, -0.2) is 39.8 Å². The molecule has 5 N–H and O–H groups in total. The number of methoxy groups -OCH3 is 1. The number of anilines is 2. The van der Waals surface area contributed by atoms with Crippen molar-refractivity contribution in [3.05, 3.63) is 6.20 Å². The number of nitrogens with two attached hydrogens (primary N) is 1. The number of H-pyrrole nitrogens is 1. The first-order valence-electron chi connectivity index (χ1n) is 5.23. The van der Waals surface area contributed by atoms with Crippen LogP contribution in [-0.2, 0) is 9.53 Å². The van der Waals surface area contributed by atoms with Crippen molar-refractivity contribution >= 4 is 28.8 Å². The molecule has 9 nitrogen and oxygen atoms in total. The first-order chi connectivity index (χ1) is 8.74. The molecule has 0 atom stereocenters. The number of rotatable bonds is 5. The summed E-state index contributed by atoms with van der Waals surface area (Å²) in [6, 6.07) is 0.